The van der Waals surface area contributed by atoms with Crippen molar-refractivity contribution in [1.82, 2.24) is 0 Å². The molecule has 0 aliphatic carbocycles. The third kappa shape index (κ3) is 1.28. The molecule has 0 saturated carbocycles. The van der Waals surface area contributed by atoms with E-state index in [1.165, 1.54) is 0 Å². The van der Waals surface area contributed by atoms with Gasteiger partial charge in [0, 0.05) is 0 Å². The van der Waals surface area contributed by atoms with Crippen LogP contribution in [-0.2, 0) is 4.74 Å². The van der Waals surface area contributed by atoms with Crippen molar-refractivity contribution in [3.05, 3.63) is 0 Å². The molecule has 1 saturated heterocycles. The van der Waals surface area contributed by atoms with Crippen LogP contribution in [0.1, 0.15) is 0 Å². The molecule has 60 valence electrons. The zero-order valence-electron chi connectivity index (χ0n) is 5.47. The van der Waals surface area contributed by atoms with Gasteiger partial charge in [-0.3, -0.25) is 0 Å². The van der Waals surface area contributed by atoms with E-state index < -0.39 is 24.5 Å². The van der Waals surface area contributed by atoms with Crippen LogP contribution in [-0.4, -0.2) is 41.3 Å². The summed E-state index contributed by atoms with van der Waals surface area (Å²) in [5.41, 5.74) is 10.7. The molecule has 0 aromatic rings. The van der Waals surface area contributed by atoms with E-state index in [4.69, 9.17) is 26.4 Å². The van der Waals surface area contributed by atoms with Crippen LogP contribution in [0.25, 0.3) is 0 Å². The van der Waals surface area contributed by atoms with Crippen LogP contribution in [0.15, 0.2) is 0 Å². The van der Waals surface area contributed by atoms with Crippen LogP contribution in [0.2, 0.25) is 0 Å². The van der Waals surface area contributed by atoms with E-state index in [0.717, 1.165) is 0 Å². The van der Waals surface area contributed by atoms with E-state index in [1.54, 1.807) is 0 Å². The Labute approximate surface area is 58.6 Å². The molecular formula is C5H12N2O3. The van der Waals surface area contributed by atoms with Crippen LogP contribution in [0.4, 0.5) is 0 Å². The van der Waals surface area contributed by atoms with Gasteiger partial charge in [0.1, 0.15) is 0 Å². The zero-order chi connectivity index (χ0) is 7.72. The van der Waals surface area contributed by atoms with Crippen molar-refractivity contribution < 1.29 is 14.9 Å². The number of nitrogens with two attached hydrogens (primary N) is 2. The summed E-state index contributed by atoms with van der Waals surface area (Å²) in [6.07, 6.45) is -1.96. The summed E-state index contributed by atoms with van der Waals surface area (Å²) in [6.45, 7) is 0.149. The summed E-state index contributed by atoms with van der Waals surface area (Å²) in [5, 5.41) is 18.0. The molecule has 4 atom stereocenters. The lowest BCUT2D eigenvalue weighted by Gasteiger charge is -2.33. The minimum atomic E-state index is -1.09. The molecule has 5 heteroatoms. The van der Waals surface area contributed by atoms with Crippen molar-refractivity contribution in [3.8, 4) is 0 Å². The Hall–Kier alpha value is -0.200. The van der Waals surface area contributed by atoms with E-state index in [2.05, 4.69) is 0 Å². The molecule has 1 fully saturated rings. The van der Waals surface area contributed by atoms with Crippen LogP contribution >= 0.6 is 0 Å². The molecule has 0 bridgehead atoms. The lowest BCUT2D eigenvalue weighted by Crippen LogP contribution is -2.60. The lowest BCUT2D eigenvalue weighted by atomic mass is 10.0. The Morgan fingerprint density at radius 2 is 1.90 bits per heavy atom. The summed E-state index contributed by atoms with van der Waals surface area (Å²) in [5.74, 6) is 0. The second-order valence-electron chi connectivity index (χ2n) is 2.46. The third-order valence-electron chi connectivity index (χ3n) is 1.62. The van der Waals surface area contributed by atoms with E-state index >= 15 is 0 Å². The first-order valence-electron chi connectivity index (χ1n) is 3.12. The molecule has 5 nitrogen and oxygen atoms in total. The predicted molar refractivity (Wildman–Crippen MR) is 33.9 cm³/mol. The van der Waals surface area contributed by atoms with Gasteiger partial charge >= 0.3 is 0 Å². The highest BCUT2D eigenvalue weighted by Gasteiger charge is 2.33. The minimum absolute atomic E-state index is 0.149. The highest BCUT2D eigenvalue weighted by atomic mass is 16.6. The van der Waals surface area contributed by atoms with Gasteiger partial charge in [0.2, 0.25) is 0 Å². The first-order valence-corrected chi connectivity index (χ1v) is 3.12. The normalized spacial score (nSPS) is 49.2. The Kier molecular flexibility index (Phi) is 2.22. The first-order chi connectivity index (χ1) is 4.63. The average Bonchev–Trinajstić information content (AvgIpc) is 1.93. The summed E-state index contributed by atoms with van der Waals surface area (Å²) in [7, 11) is 0. The van der Waals surface area contributed by atoms with E-state index in [0.29, 0.717) is 0 Å². The molecule has 6 N–H and O–H groups in total. The number of aliphatic hydroxyl groups excluding tert-OH is 2. The molecule has 0 aromatic heterocycles. The predicted octanol–water partition coefficient (Wildman–Crippen LogP) is -2.65. The molecule has 0 aromatic carbocycles. The molecule has 10 heavy (non-hydrogen) atoms. The standard InChI is InChI=1S/C5H12N2O3/c6-2-1-10-5(9)3(7)4(2)8/h2-5,8-9H,1,6-7H2/t2-,3-,4+,5-/m1/s1. The van der Waals surface area contributed by atoms with Crippen molar-refractivity contribution in [3.63, 3.8) is 0 Å². The van der Waals surface area contributed by atoms with Gasteiger partial charge < -0.3 is 26.4 Å². The number of aliphatic hydroxyl groups is 2. The second kappa shape index (κ2) is 2.81. The Balaban J connectivity index is 2.52. The molecule has 0 unspecified atom stereocenters. The lowest BCUT2D eigenvalue weighted by molar-refractivity contribution is -0.172. The zero-order valence-corrected chi connectivity index (χ0v) is 5.47. The van der Waals surface area contributed by atoms with Gasteiger partial charge in [-0.25, -0.2) is 0 Å². The van der Waals surface area contributed by atoms with Crippen LogP contribution < -0.4 is 11.5 Å². The minimum Gasteiger partial charge on any atom is -0.390 e. The Morgan fingerprint density at radius 3 is 2.40 bits per heavy atom. The van der Waals surface area contributed by atoms with Gasteiger partial charge in [-0.1, -0.05) is 0 Å². The molecule has 1 aliphatic heterocycles. The van der Waals surface area contributed by atoms with Gasteiger partial charge in [0.25, 0.3) is 0 Å². The maximum Gasteiger partial charge on any atom is 0.172 e. The number of hydrogen-bond donors (Lipinski definition) is 4. The monoisotopic (exact) mass is 148 g/mol. The van der Waals surface area contributed by atoms with Gasteiger partial charge in [-0.15, -0.1) is 0 Å². The first kappa shape index (κ1) is 7.90. The van der Waals surface area contributed by atoms with Crippen molar-refractivity contribution >= 4 is 0 Å². The van der Waals surface area contributed by atoms with Crippen LogP contribution in [0.3, 0.4) is 0 Å². The number of rotatable bonds is 0. The third-order valence-corrected chi connectivity index (χ3v) is 1.62. The maximum atomic E-state index is 9.13. The van der Waals surface area contributed by atoms with Gasteiger partial charge in [0.05, 0.1) is 24.8 Å². The molecule has 0 amide bonds. The quantitative estimate of drug-likeness (QED) is 0.300. The summed E-state index contributed by atoms with van der Waals surface area (Å²) < 4.78 is 4.72. The van der Waals surface area contributed by atoms with E-state index in [1.807, 2.05) is 0 Å². The fraction of sp³-hybridized carbons (Fsp3) is 1.00. The molecule has 1 rings (SSSR count). The molecule has 1 heterocycles. The highest BCUT2D eigenvalue weighted by Crippen LogP contribution is 2.09. The van der Waals surface area contributed by atoms with Crippen molar-refractivity contribution in [2.24, 2.45) is 11.5 Å². The smallest absolute Gasteiger partial charge is 0.172 e. The maximum absolute atomic E-state index is 9.13. The van der Waals surface area contributed by atoms with Crippen molar-refractivity contribution in [2.45, 2.75) is 24.5 Å². The van der Waals surface area contributed by atoms with Crippen molar-refractivity contribution in [2.75, 3.05) is 6.61 Å². The Morgan fingerprint density at radius 1 is 1.30 bits per heavy atom. The Bertz CT molecular complexity index is 107. The molecular weight excluding hydrogens is 136 g/mol. The van der Waals surface area contributed by atoms with E-state index in [-0.39, 0.29) is 6.61 Å². The number of hydrogen-bond acceptors (Lipinski definition) is 5. The highest BCUT2D eigenvalue weighted by molar-refractivity contribution is 4.87. The summed E-state index contributed by atoms with van der Waals surface area (Å²) in [4.78, 5) is 0. The van der Waals surface area contributed by atoms with Crippen molar-refractivity contribution in [1.29, 1.82) is 0 Å². The summed E-state index contributed by atoms with van der Waals surface area (Å²) in [6, 6.07) is -1.28. The van der Waals surface area contributed by atoms with Gasteiger partial charge in [-0.05, 0) is 0 Å². The largest absolute Gasteiger partial charge is 0.390 e. The molecule has 1 aliphatic rings. The molecule has 0 spiro atoms. The average molecular weight is 148 g/mol. The second-order valence-corrected chi connectivity index (χ2v) is 2.46. The van der Waals surface area contributed by atoms with Gasteiger partial charge in [0.15, 0.2) is 6.29 Å². The molecule has 0 radical (unpaired) electrons. The SMILES string of the molecule is N[C@@H]1[C@@H](O)[C@H](N)CO[C@H]1O. The fourth-order valence-electron chi connectivity index (χ4n) is 0.874. The van der Waals surface area contributed by atoms with E-state index in [9.17, 15) is 0 Å². The van der Waals surface area contributed by atoms with Crippen LogP contribution in [0.5, 0.6) is 0 Å². The fourth-order valence-corrected chi connectivity index (χ4v) is 0.874. The summed E-state index contributed by atoms with van der Waals surface area (Å²) >= 11 is 0. The van der Waals surface area contributed by atoms with Crippen LogP contribution in [0, 0.1) is 0 Å². The van der Waals surface area contributed by atoms with Gasteiger partial charge in [-0.2, -0.15) is 0 Å². The topological polar surface area (TPSA) is 102 Å². The number of ether oxygens (including phenoxy) is 1.